The molecule has 1 aliphatic heterocycles. The first-order chi connectivity index (χ1) is 13.4. The normalized spacial score (nSPS) is 16.5. The quantitative estimate of drug-likeness (QED) is 0.628. The summed E-state index contributed by atoms with van der Waals surface area (Å²) in [6, 6.07) is 4.44. The summed E-state index contributed by atoms with van der Waals surface area (Å²) in [7, 11) is 2.90. The summed E-state index contributed by atoms with van der Waals surface area (Å²) in [5.41, 5.74) is 1.73. The number of benzene rings is 1. The van der Waals surface area contributed by atoms with E-state index in [0.717, 1.165) is 18.4 Å². The minimum absolute atomic E-state index is 0.345. The van der Waals surface area contributed by atoms with Crippen LogP contribution in [0.3, 0.4) is 0 Å². The highest BCUT2D eigenvalue weighted by Crippen LogP contribution is 2.35. The van der Waals surface area contributed by atoms with Crippen molar-refractivity contribution in [3.63, 3.8) is 0 Å². The number of nitrogens with one attached hydrogen (secondary N) is 2. The van der Waals surface area contributed by atoms with Crippen molar-refractivity contribution >= 4 is 12.0 Å². The van der Waals surface area contributed by atoms with E-state index in [1.165, 1.54) is 7.11 Å². The van der Waals surface area contributed by atoms with Gasteiger partial charge < -0.3 is 24.8 Å². The summed E-state index contributed by atoms with van der Waals surface area (Å²) < 4.78 is 16.2. The fraction of sp³-hybridized carbons (Fsp3) is 0.524. The van der Waals surface area contributed by atoms with Gasteiger partial charge in [-0.25, -0.2) is 9.59 Å². The number of carbonyl (C=O) groups excluding carboxylic acids is 2. The Balaban J connectivity index is 2.44. The Kier molecular flexibility index (Phi) is 7.72. The zero-order valence-corrected chi connectivity index (χ0v) is 17.3. The molecule has 7 heteroatoms. The Hall–Kier alpha value is -2.70. The van der Waals surface area contributed by atoms with Crippen LogP contribution < -0.4 is 20.1 Å². The molecule has 0 saturated heterocycles. The first-order valence-electron chi connectivity index (χ1n) is 9.60. The molecule has 7 nitrogen and oxygen atoms in total. The number of ether oxygens (including phenoxy) is 3. The van der Waals surface area contributed by atoms with Gasteiger partial charge in [-0.15, -0.1) is 0 Å². The van der Waals surface area contributed by atoms with Crippen LogP contribution in [0.4, 0.5) is 4.79 Å². The van der Waals surface area contributed by atoms with Crippen LogP contribution in [-0.4, -0.2) is 32.8 Å². The van der Waals surface area contributed by atoms with E-state index < -0.39 is 12.0 Å². The van der Waals surface area contributed by atoms with E-state index >= 15 is 0 Å². The lowest BCUT2D eigenvalue weighted by molar-refractivity contribution is -0.136. The van der Waals surface area contributed by atoms with Gasteiger partial charge in [0.1, 0.15) is 0 Å². The average molecular weight is 390 g/mol. The van der Waals surface area contributed by atoms with Crippen molar-refractivity contribution in [3.8, 4) is 11.5 Å². The van der Waals surface area contributed by atoms with Crippen LogP contribution in [-0.2, 0) is 9.53 Å². The Bertz CT molecular complexity index is 742. The van der Waals surface area contributed by atoms with Gasteiger partial charge in [-0.3, -0.25) is 0 Å². The summed E-state index contributed by atoms with van der Waals surface area (Å²) >= 11 is 0. The SMILES string of the molecule is CCCCC1=C(C(=O)OC)C(c2ccc(OCC(C)C)c(OC)c2)NC(=O)N1. The van der Waals surface area contributed by atoms with Gasteiger partial charge in [-0.05, 0) is 36.5 Å². The maximum absolute atomic E-state index is 12.5. The van der Waals surface area contributed by atoms with E-state index in [0.29, 0.717) is 41.7 Å². The van der Waals surface area contributed by atoms with Crippen molar-refractivity contribution in [2.24, 2.45) is 5.92 Å². The molecule has 28 heavy (non-hydrogen) atoms. The minimum atomic E-state index is -0.624. The summed E-state index contributed by atoms with van der Waals surface area (Å²) in [5, 5.41) is 5.58. The van der Waals surface area contributed by atoms with Crippen molar-refractivity contribution in [1.82, 2.24) is 10.6 Å². The first kappa shape index (κ1) is 21.6. The molecule has 1 aromatic carbocycles. The number of amides is 2. The maximum Gasteiger partial charge on any atom is 0.337 e. The minimum Gasteiger partial charge on any atom is -0.493 e. The first-order valence-corrected chi connectivity index (χ1v) is 9.60. The molecule has 0 aromatic heterocycles. The Morgan fingerprint density at radius 3 is 2.57 bits per heavy atom. The molecule has 0 aliphatic carbocycles. The summed E-state index contributed by atoms with van der Waals surface area (Å²) in [6.45, 7) is 6.75. The van der Waals surface area contributed by atoms with Gasteiger partial charge in [-0.1, -0.05) is 33.3 Å². The zero-order valence-electron chi connectivity index (χ0n) is 17.3. The zero-order chi connectivity index (χ0) is 20.7. The highest BCUT2D eigenvalue weighted by Gasteiger charge is 2.33. The molecular formula is C21H30N2O5. The van der Waals surface area contributed by atoms with Gasteiger partial charge in [0, 0.05) is 5.70 Å². The molecule has 1 aliphatic rings. The molecular weight excluding hydrogens is 360 g/mol. The molecule has 1 atom stereocenters. The number of hydrogen-bond donors (Lipinski definition) is 2. The smallest absolute Gasteiger partial charge is 0.337 e. The van der Waals surface area contributed by atoms with E-state index in [-0.39, 0.29) is 6.03 Å². The molecule has 154 valence electrons. The maximum atomic E-state index is 12.5. The van der Waals surface area contributed by atoms with E-state index in [1.807, 2.05) is 6.07 Å². The highest BCUT2D eigenvalue weighted by molar-refractivity contribution is 5.95. The lowest BCUT2D eigenvalue weighted by Crippen LogP contribution is -2.45. The summed E-state index contributed by atoms with van der Waals surface area (Å²) in [5.74, 6) is 1.08. The van der Waals surface area contributed by atoms with Crippen molar-refractivity contribution in [2.45, 2.75) is 46.1 Å². The fourth-order valence-corrected chi connectivity index (χ4v) is 3.01. The van der Waals surface area contributed by atoms with Crippen molar-refractivity contribution < 1.29 is 23.8 Å². The number of allylic oxidation sites excluding steroid dienone is 1. The third-order valence-corrected chi connectivity index (χ3v) is 4.43. The molecule has 1 unspecified atom stereocenters. The molecule has 1 aromatic rings. The third-order valence-electron chi connectivity index (χ3n) is 4.43. The Morgan fingerprint density at radius 1 is 1.21 bits per heavy atom. The largest absolute Gasteiger partial charge is 0.493 e. The Morgan fingerprint density at radius 2 is 1.96 bits per heavy atom. The van der Waals surface area contributed by atoms with Crippen molar-refractivity contribution in [1.29, 1.82) is 0 Å². The standard InChI is InChI=1S/C21H30N2O5/c1-6-7-8-15-18(20(24)27-5)19(23-21(25)22-15)14-9-10-16(17(11-14)26-4)28-12-13(2)3/h9-11,13,19H,6-8,12H2,1-5H3,(H2,22,23,25). The summed E-state index contributed by atoms with van der Waals surface area (Å²) in [4.78, 5) is 24.7. The molecule has 1 heterocycles. The molecule has 2 N–H and O–H groups in total. The van der Waals surface area contributed by atoms with Crippen LogP contribution in [0.1, 0.15) is 51.6 Å². The second kappa shape index (κ2) is 10.0. The molecule has 2 amide bonds. The lowest BCUT2D eigenvalue weighted by Gasteiger charge is -2.29. The molecule has 0 spiro atoms. The van der Waals surface area contributed by atoms with Crippen LogP contribution >= 0.6 is 0 Å². The number of hydrogen-bond acceptors (Lipinski definition) is 5. The number of esters is 1. The molecule has 0 saturated carbocycles. The Labute approximate surface area is 166 Å². The van der Waals surface area contributed by atoms with Crippen LogP contribution in [0.2, 0.25) is 0 Å². The van der Waals surface area contributed by atoms with E-state index in [1.54, 1.807) is 19.2 Å². The van der Waals surface area contributed by atoms with Crippen molar-refractivity contribution in [3.05, 3.63) is 35.0 Å². The van der Waals surface area contributed by atoms with Gasteiger partial charge in [0.25, 0.3) is 0 Å². The lowest BCUT2D eigenvalue weighted by atomic mass is 9.93. The predicted octanol–water partition coefficient (Wildman–Crippen LogP) is 3.70. The van der Waals surface area contributed by atoms with Crippen LogP contribution in [0.5, 0.6) is 11.5 Å². The molecule has 2 rings (SSSR count). The fourth-order valence-electron chi connectivity index (χ4n) is 3.01. The third kappa shape index (κ3) is 5.18. The molecule has 0 radical (unpaired) electrons. The molecule has 0 bridgehead atoms. The number of unbranched alkanes of at least 4 members (excludes halogenated alkanes) is 1. The predicted molar refractivity (Wildman–Crippen MR) is 106 cm³/mol. The monoisotopic (exact) mass is 390 g/mol. The van der Waals surface area contributed by atoms with Gasteiger partial charge >= 0.3 is 12.0 Å². The topological polar surface area (TPSA) is 85.9 Å². The number of carbonyl (C=O) groups is 2. The van der Waals surface area contributed by atoms with Gasteiger partial charge in [0.2, 0.25) is 0 Å². The van der Waals surface area contributed by atoms with Crippen LogP contribution in [0, 0.1) is 5.92 Å². The number of urea groups is 1. The van der Waals surface area contributed by atoms with Crippen molar-refractivity contribution in [2.75, 3.05) is 20.8 Å². The van der Waals surface area contributed by atoms with E-state index in [9.17, 15) is 9.59 Å². The number of rotatable bonds is 9. The number of methoxy groups -OCH3 is 2. The van der Waals surface area contributed by atoms with Crippen LogP contribution in [0.15, 0.2) is 29.5 Å². The van der Waals surface area contributed by atoms with E-state index in [4.69, 9.17) is 14.2 Å². The average Bonchev–Trinajstić information content (AvgIpc) is 2.69. The summed E-state index contributed by atoms with van der Waals surface area (Å²) in [6.07, 6.45) is 2.40. The van der Waals surface area contributed by atoms with Gasteiger partial charge in [-0.2, -0.15) is 0 Å². The highest BCUT2D eigenvalue weighted by atomic mass is 16.5. The molecule has 0 fully saturated rings. The van der Waals surface area contributed by atoms with E-state index in [2.05, 4.69) is 31.4 Å². The second-order valence-corrected chi connectivity index (χ2v) is 7.13. The van der Waals surface area contributed by atoms with Gasteiger partial charge in [0.15, 0.2) is 11.5 Å². The van der Waals surface area contributed by atoms with Gasteiger partial charge in [0.05, 0.1) is 32.4 Å². The second-order valence-electron chi connectivity index (χ2n) is 7.13. The van der Waals surface area contributed by atoms with Crippen LogP contribution in [0.25, 0.3) is 0 Å².